The van der Waals surface area contributed by atoms with Crippen molar-refractivity contribution in [2.24, 2.45) is 0 Å². The van der Waals surface area contributed by atoms with Crippen molar-refractivity contribution in [2.75, 3.05) is 18.7 Å². The largest absolute Gasteiger partial charge is 0.497 e. The maximum atomic E-state index is 16.4. The number of anilines is 1. The molecule has 0 N–H and O–H groups in total. The van der Waals surface area contributed by atoms with Crippen molar-refractivity contribution >= 4 is 18.4 Å². The van der Waals surface area contributed by atoms with E-state index >= 15 is 4.57 Å². The predicted molar refractivity (Wildman–Crippen MR) is 184 cm³/mol. The molecule has 0 spiro atoms. The Morgan fingerprint density at radius 1 is 0.630 bits per heavy atom. The number of rotatable bonds is 6. The van der Waals surface area contributed by atoms with E-state index in [0.29, 0.717) is 17.8 Å². The van der Waals surface area contributed by atoms with E-state index in [2.05, 4.69) is 47.4 Å². The summed E-state index contributed by atoms with van der Waals surface area (Å²) in [5, 5.41) is -0.508. The maximum absolute atomic E-state index is 16.4. The van der Waals surface area contributed by atoms with Gasteiger partial charge in [-0.25, -0.2) is 0 Å². The van der Waals surface area contributed by atoms with Crippen LogP contribution in [0.4, 0.5) is 5.69 Å². The van der Waals surface area contributed by atoms with Crippen molar-refractivity contribution in [3.05, 3.63) is 174 Å². The molecule has 2 aliphatic rings. The summed E-state index contributed by atoms with van der Waals surface area (Å²) >= 11 is 0. The molecular weight excluding hydrogens is 589 g/mol. The topological polar surface area (TPSA) is 48.0 Å². The molecule has 0 radical (unpaired) electrons. The second kappa shape index (κ2) is 11.3. The lowest BCUT2D eigenvalue weighted by Gasteiger charge is -2.44. The first-order valence-corrected chi connectivity index (χ1v) is 17.0. The molecule has 6 heteroatoms. The number of para-hydroxylation sites is 2. The van der Waals surface area contributed by atoms with E-state index in [-0.39, 0.29) is 0 Å². The van der Waals surface area contributed by atoms with E-state index in [9.17, 15) is 0 Å². The van der Waals surface area contributed by atoms with Gasteiger partial charge in [0.2, 0.25) is 0 Å². The third-order valence-corrected chi connectivity index (χ3v) is 12.3. The fourth-order valence-corrected chi connectivity index (χ4v) is 10.2. The zero-order chi connectivity index (χ0) is 31.1. The van der Waals surface area contributed by atoms with Crippen molar-refractivity contribution in [1.82, 2.24) is 0 Å². The van der Waals surface area contributed by atoms with Gasteiger partial charge in [-0.15, -0.1) is 0 Å². The molecule has 6 aromatic carbocycles. The fraction of sp³-hybridized carbons (Fsp3) is 0.100. The monoisotopic (exact) mass is 621 g/mol. The lowest BCUT2D eigenvalue weighted by atomic mass is 9.83. The summed E-state index contributed by atoms with van der Waals surface area (Å²) in [6, 6.07) is 50.4. The standard InChI is InChI=1S/C40H32NO4P/c1-43-34-25-21-32(22-26-34)40(30-12-3-2-4-13-30,46(42)39-18-10-7-15-36(39)35-14-6-9-17-38(35)45-46)31-19-23-33(24-20-31)41-27-29-11-5-8-16-37(29)44-28-41/h2-26H,27-28H2,1H3. The van der Waals surface area contributed by atoms with E-state index in [1.807, 2.05) is 109 Å². The van der Waals surface area contributed by atoms with Gasteiger partial charge in [0.15, 0.2) is 6.73 Å². The molecule has 5 nitrogen and oxygen atoms in total. The van der Waals surface area contributed by atoms with Gasteiger partial charge in [0.25, 0.3) is 7.37 Å². The molecule has 2 aliphatic heterocycles. The molecule has 0 aromatic heterocycles. The molecule has 2 atom stereocenters. The van der Waals surface area contributed by atoms with Crippen LogP contribution < -0.4 is 24.2 Å². The summed E-state index contributed by atoms with van der Waals surface area (Å²) in [4.78, 5) is 2.20. The Morgan fingerprint density at radius 2 is 1.22 bits per heavy atom. The van der Waals surface area contributed by atoms with E-state index < -0.39 is 12.5 Å². The molecule has 0 bridgehead atoms. The molecular formula is C40H32NO4P. The van der Waals surface area contributed by atoms with E-state index in [1.165, 1.54) is 0 Å². The maximum Gasteiger partial charge on any atom is 0.296 e. The van der Waals surface area contributed by atoms with Gasteiger partial charge in [-0.1, -0.05) is 109 Å². The average molecular weight is 622 g/mol. The van der Waals surface area contributed by atoms with Gasteiger partial charge in [0, 0.05) is 23.4 Å². The van der Waals surface area contributed by atoms with E-state index in [4.69, 9.17) is 14.0 Å². The van der Waals surface area contributed by atoms with Crippen molar-refractivity contribution in [1.29, 1.82) is 0 Å². The number of ether oxygens (including phenoxy) is 2. The van der Waals surface area contributed by atoms with Crippen LogP contribution in [0.3, 0.4) is 0 Å². The summed E-state index contributed by atoms with van der Waals surface area (Å²) in [5.74, 6) is 2.25. The number of methoxy groups -OCH3 is 1. The molecule has 0 saturated heterocycles. The summed E-state index contributed by atoms with van der Waals surface area (Å²) in [6.07, 6.45) is 0. The molecule has 226 valence electrons. The SMILES string of the molecule is COc1ccc(C(c2ccccc2)(c2ccc(N3COc4ccccc4C3)cc2)P2(=O)Oc3ccccc3-c3ccccc32)cc1. The number of hydrogen-bond donors (Lipinski definition) is 0. The Kier molecular flexibility index (Phi) is 6.92. The normalized spacial score (nSPS) is 17.7. The minimum Gasteiger partial charge on any atom is -0.497 e. The fourth-order valence-electron chi connectivity index (χ4n) is 6.94. The third-order valence-electron chi connectivity index (χ3n) is 9.13. The number of fused-ring (bicyclic) bond motifs is 4. The first-order valence-electron chi connectivity index (χ1n) is 15.4. The second-order valence-corrected chi connectivity index (χ2v) is 14.0. The minimum absolute atomic E-state index is 0.449. The summed E-state index contributed by atoms with van der Waals surface area (Å²) < 4.78 is 35.0. The predicted octanol–water partition coefficient (Wildman–Crippen LogP) is 9.01. The van der Waals surface area contributed by atoms with E-state index in [0.717, 1.165) is 57.1 Å². The first kappa shape index (κ1) is 28.2. The van der Waals surface area contributed by atoms with Crippen molar-refractivity contribution in [3.63, 3.8) is 0 Å². The van der Waals surface area contributed by atoms with Gasteiger partial charge >= 0.3 is 0 Å². The highest BCUT2D eigenvalue weighted by Gasteiger charge is 2.58. The Bertz CT molecular complexity index is 2080. The molecule has 0 saturated carbocycles. The van der Waals surface area contributed by atoms with Crippen LogP contribution in [0.1, 0.15) is 22.3 Å². The Morgan fingerprint density at radius 3 is 1.96 bits per heavy atom. The molecule has 0 aliphatic carbocycles. The van der Waals surface area contributed by atoms with Gasteiger partial charge in [-0.2, -0.15) is 0 Å². The number of hydrogen-bond acceptors (Lipinski definition) is 5. The van der Waals surface area contributed by atoms with Crippen LogP contribution in [0.2, 0.25) is 0 Å². The van der Waals surface area contributed by atoms with Crippen LogP contribution in [0.25, 0.3) is 11.1 Å². The zero-order valence-corrected chi connectivity index (χ0v) is 26.3. The van der Waals surface area contributed by atoms with Gasteiger partial charge in [0.1, 0.15) is 22.4 Å². The Hall–Kier alpha value is -5.25. The average Bonchev–Trinajstić information content (AvgIpc) is 3.13. The number of benzene rings is 6. The molecule has 0 fully saturated rings. The Balaban J connectivity index is 1.37. The molecule has 6 aromatic rings. The molecule has 2 unspecified atom stereocenters. The quantitative estimate of drug-likeness (QED) is 0.137. The third kappa shape index (κ3) is 4.34. The van der Waals surface area contributed by atoms with Crippen LogP contribution in [0.15, 0.2) is 152 Å². The highest BCUT2D eigenvalue weighted by atomic mass is 31.2. The molecule has 2 heterocycles. The van der Waals surface area contributed by atoms with Gasteiger partial charge < -0.3 is 18.9 Å². The highest BCUT2D eigenvalue weighted by Crippen LogP contribution is 2.71. The van der Waals surface area contributed by atoms with Crippen LogP contribution >= 0.6 is 7.37 Å². The Labute approximate surface area is 269 Å². The lowest BCUT2D eigenvalue weighted by molar-refractivity contribution is 0.289. The zero-order valence-electron chi connectivity index (χ0n) is 25.4. The molecule has 8 rings (SSSR count). The molecule has 0 amide bonds. The summed E-state index contributed by atoms with van der Waals surface area (Å²) in [7, 11) is -2.18. The smallest absolute Gasteiger partial charge is 0.296 e. The van der Waals surface area contributed by atoms with Crippen molar-refractivity contribution in [3.8, 4) is 28.4 Å². The highest BCUT2D eigenvalue weighted by molar-refractivity contribution is 7.69. The van der Waals surface area contributed by atoms with Crippen molar-refractivity contribution < 1.29 is 18.6 Å². The van der Waals surface area contributed by atoms with Gasteiger partial charge in [0.05, 0.1) is 12.4 Å². The van der Waals surface area contributed by atoms with Gasteiger partial charge in [-0.3, -0.25) is 4.57 Å². The summed E-state index contributed by atoms with van der Waals surface area (Å²) in [5.41, 5.74) is 6.60. The lowest BCUT2D eigenvalue weighted by Crippen LogP contribution is -2.38. The van der Waals surface area contributed by atoms with E-state index in [1.54, 1.807) is 7.11 Å². The number of nitrogens with zero attached hydrogens (tertiary/aromatic N) is 1. The van der Waals surface area contributed by atoms with Crippen LogP contribution in [-0.4, -0.2) is 13.8 Å². The van der Waals surface area contributed by atoms with Crippen LogP contribution in [0, 0.1) is 0 Å². The first-order chi connectivity index (χ1) is 22.6. The molecule has 46 heavy (non-hydrogen) atoms. The minimum atomic E-state index is -3.84. The van der Waals surface area contributed by atoms with Crippen LogP contribution in [0.5, 0.6) is 17.2 Å². The van der Waals surface area contributed by atoms with Crippen molar-refractivity contribution in [2.45, 2.75) is 11.7 Å². The van der Waals surface area contributed by atoms with Gasteiger partial charge in [-0.05, 0) is 64.7 Å². The van der Waals surface area contributed by atoms with Crippen LogP contribution in [-0.2, 0) is 16.3 Å². The second-order valence-electron chi connectivity index (χ2n) is 11.6. The summed E-state index contributed by atoms with van der Waals surface area (Å²) in [6.45, 7) is 1.19.